The van der Waals surface area contributed by atoms with Crippen LogP contribution in [0.15, 0.2) is 149 Å². The van der Waals surface area contributed by atoms with E-state index in [1.807, 2.05) is 0 Å². The predicted molar refractivity (Wildman–Crippen MR) is 184 cm³/mol. The second-order valence-electron chi connectivity index (χ2n) is 11.4. The van der Waals surface area contributed by atoms with E-state index in [2.05, 4.69) is 144 Å². The lowest BCUT2D eigenvalue weighted by Crippen LogP contribution is -2.00. The molecule has 0 spiro atoms. The van der Waals surface area contributed by atoms with E-state index in [-0.39, 0.29) is 0 Å². The highest BCUT2D eigenvalue weighted by molar-refractivity contribution is 7.99. The molecule has 10 rings (SSSR count). The molecule has 0 saturated carbocycles. The lowest BCUT2D eigenvalue weighted by Gasteiger charge is -2.19. The van der Waals surface area contributed by atoms with E-state index >= 15 is 0 Å². The molecule has 1 aliphatic rings. The molecule has 2 aromatic heterocycles. The van der Waals surface area contributed by atoms with Gasteiger partial charge in [0.05, 0.1) is 22.2 Å². The highest BCUT2D eigenvalue weighted by atomic mass is 32.2. The Morgan fingerprint density at radius 1 is 0.477 bits per heavy atom. The molecule has 3 nitrogen and oxygen atoms in total. The van der Waals surface area contributed by atoms with Crippen molar-refractivity contribution < 1.29 is 0 Å². The number of hydrogen-bond donors (Lipinski definition) is 0. The summed E-state index contributed by atoms with van der Waals surface area (Å²) in [5, 5.41) is 8.79. The van der Waals surface area contributed by atoms with Crippen molar-refractivity contribution in [2.24, 2.45) is 0 Å². The summed E-state index contributed by atoms with van der Waals surface area (Å²) < 4.78 is 2.42. The Morgan fingerprint density at radius 3 is 1.98 bits per heavy atom. The Labute approximate surface area is 257 Å². The van der Waals surface area contributed by atoms with Crippen LogP contribution in [0.2, 0.25) is 0 Å². The second kappa shape index (κ2) is 9.03. The van der Waals surface area contributed by atoms with Crippen molar-refractivity contribution in [3.63, 3.8) is 0 Å². The maximum Gasteiger partial charge on any atom is 0.160 e. The monoisotopic (exact) mass is 577 g/mol. The first kappa shape index (κ1) is 24.0. The van der Waals surface area contributed by atoms with Crippen LogP contribution >= 0.6 is 11.8 Å². The van der Waals surface area contributed by atoms with Crippen molar-refractivity contribution in [2.75, 3.05) is 0 Å². The van der Waals surface area contributed by atoms with E-state index < -0.39 is 0 Å². The minimum Gasteiger partial charge on any atom is -0.309 e. The molecule has 7 aromatic carbocycles. The van der Waals surface area contributed by atoms with Crippen LogP contribution in [0.25, 0.3) is 82.6 Å². The van der Waals surface area contributed by atoms with Gasteiger partial charge in [0.25, 0.3) is 0 Å². The summed E-state index contributed by atoms with van der Waals surface area (Å²) >= 11 is 1.80. The third-order valence-electron chi connectivity index (χ3n) is 8.97. The van der Waals surface area contributed by atoms with E-state index in [1.165, 1.54) is 58.7 Å². The van der Waals surface area contributed by atoms with Crippen LogP contribution in [-0.4, -0.2) is 14.5 Å². The van der Waals surface area contributed by atoms with E-state index in [0.29, 0.717) is 0 Å². The minimum atomic E-state index is 0.747. The number of para-hydroxylation sites is 1. The van der Waals surface area contributed by atoms with Crippen LogP contribution in [0.5, 0.6) is 0 Å². The quantitative estimate of drug-likeness (QED) is 0.192. The summed E-state index contributed by atoms with van der Waals surface area (Å²) in [5.41, 5.74) is 7.72. The van der Waals surface area contributed by atoms with Crippen molar-refractivity contribution in [3.05, 3.63) is 140 Å². The fourth-order valence-electron chi connectivity index (χ4n) is 7.09. The molecule has 1 aliphatic heterocycles. The van der Waals surface area contributed by atoms with Crippen molar-refractivity contribution in [1.82, 2.24) is 14.5 Å². The number of rotatable bonds is 2. The molecule has 0 N–H and O–H groups in total. The first-order valence-electron chi connectivity index (χ1n) is 14.8. The zero-order valence-electron chi connectivity index (χ0n) is 23.5. The standard InChI is InChI=1S/C40H23N3S/c1-3-12-28-26(10-1)27-11-2-4-13-29(27)39-36(28)30-14-5-7-17-33(30)43(39)25-22-20-24(21-23-25)40-41-32-16-9-19-35-37(32)38(42-40)31-15-6-8-18-34(31)44-35/h1-23H. The molecule has 0 bridgehead atoms. The number of nitrogens with zero attached hydrogens (tertiary/aromatic N) is 3. The van der Waals surface area contributed by atoms with Gasteiger partial charge in [-0.25, -0.2) is 9.97 Å². The summed E-state index contributed by atoms with van der Waals surface area (Å²) in [6.45, 7) is 0. The molecular formula is C40H23N3S. The first-order chi connectivity index (χ1) is 21.8. The van der Waals surface area contributed by atoms with Crippen molar-refractivity contribution >= 4 is 66.0 Å². The number of fused-ring (bicyclic) bond motifs is 10. The predicted octanol–water partition coefficient (Wildman–Crippen LogP) is 10.8. The average Bonchev–Trinajstić information content (AvgIpc) is 3.44. The Bertz CT molecular complexity index is 2630. The smallest absolute Gasteiger partial charge is 0.160 e. The highest BCUT2D eigenvalue weighted by Crippen LogP contribution is 2.47. The summed E-state index contributed by atoms with van der Waals surface area (Å²) in [7, 11) is 0. The third-order valence-corrected chi connectivity index (χ3v) is 10.1. The largest absolute Gasteiger partial charge is 0.309 e. The number of benzene rings is 7. The summed E-state index contributed by atoms with van der Waals surface area (Å²) in [5.74, 6) is 0.747. The van der Waals surface area contributed by atoms with Gasteiger partial charge < -0.3 is 4.57 Å². The van der Waals surface area contributed by atoms with Gasteiger partial charge in [0.1, 0.15) is 0 Å². The van der Waals surface area contributed by atoms with Crippen LogP contribution in [0.3, 0.4) is 0 Å². The minimum absolute atomic E-state index is 0.747. The average molecular weight is 578 g/mol. The van der Waals surface area contributed by atoms with Crippen molar-refractivity contribution in [3.8, 4) is 28.3 Å². The van der Waals surface area contributed by atoms with E-state index in [9.17, 15) is 0 Å². The molecule has 44 heavy (non-hydrogen) atoms. The molecule has 0 unspecified atom stereocenters. The number of aromatic nitrogens is 3. The van der Waals surface area contributed by atoms with Gasteiger partial charge in [0.2, 0.25) is 0 Å². The number of hydrogen-bond acceptors (Lipinski definition) is 3. The molecule has 0 atom stereocenters. The SMILES string of the molecule is c1ccc2c(c1)Sc1cccc3nc(-c4ccc(-n5c6ccccc6c6c7ccccc7c7ccccc7c65)cc4)nc-2c13. The van der Waals surface area contributed by atoms with Gasteiger partial charge in [-0.15, -0.1) is 0 Å². The van der Waals surface area contributed by atoms with Crippen LogP contribution < -0.4 is 0 Å². The van der Waals surface area contributed by atoms with Gasteiger partial charge in [-0.05, 0) is 64.7 Å². The zero-order valence-corrected chi connectivity index (χ0v) is 24.3. The van der Waals surface area contributed by atoms with E-state index in [1.54, 1.807) is 11.8 Å². The molecule has 3 heterocycles. The molecular weight excluding hydrogens is 555 g/mol. The molecule has 4 heteroatoms. The molecule has 9 aromatic rings. The van der Waals surface area contributed by atoms with Gasteiger partial charge in [-0.3, -0.25) is 0 Å². The zero-order chi connectivity index (χ0) is 28.8. The third kappa shape index (κ3) is 3.29. The Morgan fingerprint density at radius 2 is 1.14 bits per heavy atom. The fourth-order valence-corrected chi connectivity index (χ4v) is 8.19. The maximum atomic E-state index is 5.18. The van der Waals surface area contributed by atoms with Crippen LogP contribution in [0.4, 0.5) is 0 Å². The molecule has 204 valence electrons. The summed E-state index contributed by atoms with van der Waals surface area (Å²) in [6.07, 6.45) is 0. The van der Waals surface area contributed by atoms with E-state index in [4.69, 9.17) is 9.97 Å². The molecule has 0 fully saturated rings. The lowest BCUT2D eigenvalue weighted by atomic mass is 9.97. The highest BCUT2D eigenvalue weighted by Gasteiger charge is 2.23. The maximum absolute atomic E-state index is 5.18. The molecule has 0 amide bonds. The van der Waals surface area contributed by atoms with E-state index in [0.717, 1.165) is 33.7 Å². The van der Waals surface area contributed by atoms with Crippen LogP contribution in [0.1, 0.15) is 0 Å². The van der Waals surface area contributed by atoms with Gasteiger partial charge >= 0.3 is 0 Å². The normalized spacial score (nSPS) is 12.5. The van der Waals surface area contributed by atoms with Gasteiger partial charge in [-0.1, -0.05) is 103 Å². The summed E-state index contributed by atoms with van der Waals surface area (Å²) in [6, 6.07) is 50.0. The van der Waals surface area contributed by atoms with Crippen molar-refractivity contribution in [1.29, 1.82) is 0 Å². The fraction of sp³-hybridized carbons (Fsp3) is 0. The Kier molecular flexibility index (Phi) is 4.93. The van der Waals surface area contributed by atoms with Gasteiger partial charge in [0.15, 0.2) is 5.82 Å². The molecule has 0 radical (unpaired) electrons. The topological polar surface area (TPSA) is 30.7 Å². The second-order valence-corrected chi connectivity index (χ2v) is 12.4. The Hall–Kier alpha value is -5.45. The van der Waals surface area contributed by atoms with Crippen molar-refractivity contribution in [2.45, 2.75) is 9.79 Å². The van der Waals surface area contributed by atoms with Crippen LogP contribution in [0, 0.1) is 0 Å². The lowest BCUT2D eigenvalue weighted by molar-refractivity contribution is 1.17. The first-order valence-corrected chi connectivity index (χ1v) is 15.7. The molecule has 0 saturated heterocycles. The summed E-state index contributed by atoms with van der Waals surface area (Å²) in [4.78, 5) is 12.7. The Balaban J connectivity index is 1.21. The van der Waals surface area contributed by atoms with Gasteiger partial charge in [0, 0.05) is 48.2 Å². The molecule has 0 aliphatic carbocycles. The van der Waals surface area contributed by atoms with Gasteiger partial charge in [-0.2, -0.15) is 0 Å². The van der Waals surface area contributed by atoms with Crippen LogP contribution in [-0.2, 0) is 0 Å².